The lowest BCUT2D eigenvalue weighted by Gasteiger charge is -2.20. The first-order valence-corrected chi connectivity index (χ1v) is 14.4. The molecule has 10 nitrogen and oxygen atoms in total. The molecular weight excluding hydrogens is 492 g/mol. The van der Waals surface area contributed by atoms with Gasteiger partial charge in [-0.05, 0) is 48.4 Å². The Hall–Kier alpha value is -3.09. The van der Waals surface area contributed by atoms with Crippen molar-refractivity contribution in [3.63, 3.8) is 0 Å². The number of aromatic nitrogens is 2. The lowest BCUT2D eigenvalue weighted by atomic mass is 10.1. The number of nitrogens with one attached hydrogen (secondary N) is 1. The van der Waals surface area contributed by atoms with E-state index in [0.29, 0.717) is 13.1 Å². The molecule has 188 valence electrons. The molecule has 1 N–H and O–H groups in total. The highest BCUT2D eigenvalue weighted by molar-refractivity contribution is 7.90. The normalized spacial score (nSPS) is 12.1. The van der Waals surface area contributed by atoms with Crippen LogP contribution in [0.4, 0.5) is 6.01 Å². The number of sulfone groups is 1. The molecule has 0 aliphatic carbocycles. The van der Waals surface area contributed by atoms with Gasteiger partial charge in [-0.1, -0.05) is 37.5 Å². The second kappa shape index (κ2) is 11.1. The highest BCUT2D eigenvalue weighted by atomic mass is 32.2. The summed E-state index contributed by atoms with van der Waals surface area (Å²) in [6, 6.07) is 11.8. The van der Waals surface area contributed by atoms with Gasteiger partial charge in [-0.2, -0.15) is 4.31 Å². The summed E-state index contributed by atoms with van der Waals surface area (Å²) in [5, 5.41) is 10.2. The molecule has 0 saturated heterocycles. The second-order valence-electron chi connectivity index (χ2n) is 7.92. The molecule has 0 unspecified atom stereocenters. The van der Waals surface area contributed by atoms with Gasteiger partial charge in [-0.3, -0.25) is 10.1 Å². The Morgan fingerprint density at radius 2 is 1.57 bits per heavy atom. The van der Waals surface area contributed by atoms with Crippen molar-refractivity contribution in [2.75, 3.05) is 24.7 Å². The van der Waals surface area contributed by atoms with Gasteiger partial charge in [0.05, 0.1) is 16.2 Å². The molecule has 0 saturated carbocycles. The van der Waals surface area contributed by atoms with Crippen LogP contribution in [0.15, 0.2) is 62.7 Å². The number of hydrogen-bond acceptors (Lipinski definition) is 8. The summed E-state index contributed by atoms with van der Waals surface area (Å²) < 4.78 is 55.7. The van der Waals surface area contributed by atoms with Crippen LogP contribution in [0.5, 0.6) is 0 Å². The lowest BCUT2D eigenvalue weighted by Crippen LogP contribution is -2.31. The number of benzene rings is 2. The highest BCUT2D eigenvalue weighted by Gasteiger charge is 2.23. The number of hydrogen-bond donors (Lipinski definition) is 1. The predicted molar refractivity (Wildman–Crippen MR) is 130 cm³/mol. The Labute approximate surface area is 205 Å². The summed E-state index contributed by atoms with van der Waals surface area (Å²) in [5.74, 6) is -0.291. The van der Waals surface area contributed by atoms with Crippen LogP contribution in [0.25, 0.3) is 0 Å². The third-order valence-electron chi connectivity index (χ3n) is 5.26. The van der Waals surface area contributed by atoms with Gasteiger partial charge in [0.25, 0.3) is 5.91 Å². The molecule has 1 aromatic heterocycles. The van der Waals surface area contributed by atoms with Crippen molar-refractivity contribution in [2.24, 2.45) is 0 Å². The van der Waals surface area contributed by atoms with E-state index in [4.69, 9.17) is 4.42 Å². The maximum Gasteiger partial charge on any atom is 0.322 e. The van der Waals surface area contributed by atoms with Crippen LogP contribution < -0.4 is 5.32 Å². The molecule has 0 aliphatic rings. The molecule has 0 bridgehead atoms. The van der Waals surface area contributed by atoms with Gasteiger partial charge in [-0.25, -0.2) is 16.8 Å². The van der Waals surface area contributed by atoms with E-state index in [-0.39, 0.29) is 33.7 Å². The van der Waals surface area contributed by atoms with Gasteiger partial charge in [0.1, 0.15) is 0 Å². The smallest absolute Gasteiger partial charge is 0.322 e. The fraction of sp³-hybridized carbons (Fsp3) is 0.348. The van der Waals surface area contributed by atoms with Gasteiger partial charge in [0.2, 0.25) is 15.9 Å². The lowest BCUT2D eigenvalue weighted by molar-refractivity contribution is 0.102. The van der Waals surface area contributed by atoms with E-state index in [9.17, 15) is 21.6 Å². The van der Waals surface area contributed by atoms with Gasteiger partial charge < -0.3 is 4.42 Å². The van der Waals surface area contributed by atoms with Crippen molar-refractivity contribution >= 4 is 31.8 Å². The zero-order valence-corrected chi connectivity index (χ0v) is 21.4. The summed E-state index contributed by atoms with van der Waals surface area (Å²) in [6.07, 6.45) is 3.05. The quantitative estimate of drug-likeness (QED) is 0.407. The summed E-state index contributed by atoms with van der Waals surface area (Å²) in [6.45, 7) is 4.60. The molecule has 35 heavy (non-hydrogen) atoms. The minimum absolute atomic E-state index is 0.105. The Balaban J connectivity index is 1.64. The fourth-order valence-electron chi connectivity index (χ4n) is 3.28. The number of carbonyl (C=O) groups is 1. The largest absolute Gasteiger partial charge is 0.407 e. The molecule has 0 fully saturated rings. The molecule has 0 aliphatic heterocycles. The Morgan fingerprint density at radius 1 is 0.943 bits per heavy atom. The van der Waals surface area contributed by atoms with Crippen LogP contribution in [-0.2, 0) is 26.3 Å². The van der Waals surface area contributed by atoms with Crippen LogP contribution in [-0.4, -0.2) is 56.6 Å². The maximum atomic E-state index is 12.8. The Bertz CT molecular complexity index is 1370. The minimum Gasteiger partial charge on any atom is -0.407 e. The Kier molecular flexibility index (Phi) is 8.41. The number of sulfonamides is 1. The minimum atomic E-state index is -3.63. The molecule has 0 spiro atoms. The molecule has 1 heterocycles. The molecule has 12 heteroatoms. The third kappa shape index (κ3) is 6.74. The average molecular weight is 521 g/mol. The predicted octanol–water partition coefficient (Wildman–Crippen LogP) is 3.13. The summed E-state index contributed by atoms with van der Waals surface area (Å²) >= 11 is 0. The number of amides is 1. The van der Waals surface area contributed by atoms with Gasteiger partial charge in [0, 0.05) is 24.9 Å². The van der Waals surface area contributed by atoms with Crippen molar-refractivity contribution in [2.45, 2.75) is 42.9 Å². The fourth-order valence-corrected chi connectivity index (χ4v) is 5.40. The SMILES string of the molecule is CCCCN(CC)S(=O)(=O)c1ccc(C(=O)Nc2nnc(Cc3ccc(S(C)(=O)=O)cc3)o2)cc1. The van der Waals surface area contributed by atoms with Crippen molar-refractivity contribution < 1.29 is 26.0 Å². The summed E-state index contributed by atoms with van der Waals surface area (Å²) in [5.41, 5.74) is 0.993. The summed E-state index contributed by atoms with van der Waals surface area (Å²) in [7, 11) is -6.92. The van der Waals surface area contributed by atoms with Crippen molar-refractivity contribution in [1.29, 1.82) is 0 Å². The Morgan fingerprint density at radius 3 is 2.14 bits per heavy atom. The summed E-state index contributed by atoms with van der Waals surface area (Å²) in [4.78, 5) is 12.9. The number of nitrogens with zero attached hydrogens (tertiary/aromatic N) is 3. The van der Waals surface area contributed by atoms with E-state index in [0.717, 1.165) is 24.7 Å². The van der Waals surface area contributed by atoms with E-state index in [1.54, 1.807) is 19.1 Å². The highest BCUT2D eigenvalue weighted by Crippen LogP contribution is 2.19. The van der Waals surface area contributed by atoms with Crippen LogP contribution in [0.1, 0.15) is 48.5 Å². The molecule has 0 radical (unpaired) electrons. The number of carbonyl (C=O) groups excluding carboxylic acids is 1. The van der Waals surface area contributed by atoms with Crippen LogP contribution in [0.3, 0.4) is 0 Å². The van der Waals surface area contributed by atoms with Gasteiger partial charge >= 0.3 is 6.01 Å². The third-order valence-corrected chi connectivity index (χ3v) is 8.38. The second-order valence-corrected chi connectivity index (χ2v) is 11.9. The van der Waals surface area contributed by atoms with E-state index in [1.807, 2.05) is 6.92 Å². The number of unbranched alkanes of at least 4 members (excludes halogenated alkanes) is 1. The van der Waals surface area contributed by atoms with Gasteiger partial charge in [-0.15, -0.1) is 5.10 Å². The number of anilines is 1. The first kappa shape index (κ1) is 26.5. The monoisotopic (exact) mass is 520 g/mol. The zero-order chi connectivity index (χ0) is 25.6. The van der Waals surface area contributed by atoms with Crippen LogP contribution in [0.2, 0.25) is 0 Å². The standard InChI is InChI=1S/C23H28N4O6S2/c1-4-6-15-27(5-2)35(31,32)20-13-9-18(10-14-20)22(28)24-23-26-25-21(33-23)16-17-7-11-19(12-8-17)34(3,29)30/h7-14H,4-6,15-16H2,1-3H3,(H,24,26,28). The van der Waals surface area contributed by atoms with E-state index >= 15 is 0 Å². The molecule has 1 amide bonds. The molecule has 3 aromatic rings. The molecular formula is C23H28N4O6S2. The van der Waals surface area contributed by atoms with Crippen molar-refractivity contribution in [3.8, 4) is 0 Å². The van der Waals surface area contributed by atoms with Gasteiger partial charge in [0.15, 0.2) is 9.84 Å². The number of rotatable bonds is 11. The van der Waals surface area contributed by atoms with E-state index in [2.05, 4.69) is 15.5 Å². The van der Waals surface area contributed by atoms with Crippen molar-refractivity contribution in [1.82, 2.24) is 14.5 Å². The topological polar surface area (TPSA) is 140 Å². The molecule has 0 atom stereocenters. The average Bonchev–Trinajstić information content (AvgIpc) is 3.25. The molecule has 2 aromatic carbocycles. The first-order valence-electron chi connectivity index (χ1n) is 11.1. The maximum absolute atomic E-state index is 12.8. The molecule has 3 rings (SSSR count). The zero-order valence-electron chi connectivity index (χ0n) is 19.8. The van der Waals surface area contributed by atoms with Crippen LogP contribution >= 0.6 is 0 Å². The van der Waals surface area contributed by atoms with Crippen LogP contribution in [0, 0.1) is 0 Å². The first-order chi connectivity index (χ1) is 16.5. The van der Waals surface area contributed by atoms with E-state index in [1.165, 1.54) is 40.7 Å². The van der Waals surface area contributed by atoms with E-state index < -0.39 is 25.8 Å². The van der Waals surface area contributed by atoms with Crippen molar-refractivity contribution in [3.05, 3.63) is 65.5 Å².